The van der Waals surface area contributed by atoms with Crippen molar-refractivity contribution in [2.24, 2.45) is 0 Å². The first-order valence-electron chi connectivity index (χ1n) is 11.7. The maximum absolute atomic E-state index is 13.2. The summed E-state index contributed by atoms with van der Waals surface area (Å²) in [6, 6.07) is 8.74. The van der Waals surface area contributed by atoms with Gasteiger partial charge in [0, 0.05) is 31.0 Å². The van der Waals surface area contributed by atoms with Crippen molar-refractivity contribution in [3.63, 3.8) is 0 Å². The predicted molar refractivity (Wildman–Crippen MR) is 126 cm³/mol. The number of likely N-dealkylation sites (tertiary alicyclic amines) is 1. The average molecular weight is 482 g/mol. The first-order valence-corrected chi connectivity index (χ1v) is 11.7. The fraction of sp³-hybridized carbons (Fsp3) is 0.385. The van der Waals surface area contributed by atoms with Crippen molar-refractivity contribution in [2.45, 2.75) is 50.7 Å². The number of anilines is 1. The third kappa shape index (κ3) is 4.47. The standard InChI is InChI=1S/C26H26F3N5O/c1-16(18-4-6-20(7-5-18)26(27,28)29)24(35)34-13-10-25(15-34)9-8-19-14-21(17(2)32-22(19)33-25)23-30-11-3-12-31-23/h3-7,11-12,14,16H,8-10,13,15H2,1-2H3,(H,32,33). The van der Waals surface area contributed by atoms with Gasteiger partial charge >= 0.3 is 6.18 Å². The van der Waals surface area contributed by atoms with Crippen LogP contribution in [0, 0.1) is 6.92 Å². The lowest BCUT2D eigenvalue weighted by molar-refractivity contribution is -0.137. The predicted octanol–water partition coefficient (Wildman–Crippen LogP) is 5.00. The molecule has 0 bridgehead atoms. The van der Waals surface area contributed by atoms with E-state index in [1.807, 2.05) is 11.8 Å². The minimum Gasteiger partial charge on any atom is -0.363 e. The summed E-state index contributed by atoms with van der Waals surface area (Å²) in [6.07, 6.45) is 1.51. The van der Waals surface area contributed by atoms with E-state index in [1.54, 1.807) is 25.4 Å². The molecule has 2 aliphatic rings. The van der Waals surface area contributed by atoms with Gasteiger partial charge in [0.25, 0.3) is 0 Å². The van der Waals surface area contributed by atoms with Gasteiger partial charge in [-0.25, -0.2) is 15.0 Å². The quantitative estimate of drug-likeness (QED) is 0.570. The normalized spacial score (nSPS) is 20.4. The molecule has 2 aliphatic heterocycles. The Hall–Kier alpha value is -3.49. The third-order valence-corrected chi connectivity index (χ3v) is 7.13. The number of aryl methyl sites for hydroxylation is 2. The molecule has 2 unspecified atom stereocenters. The SMILES string of the molecule is Cc1nc2c(cc1-c1ncccn1)CCC1(CCN(C(=O)C(C)c3ccc(C(F)(F)F)cc3)C1)N2. The van der Waals surface area contributed by atoms with Crippen LogP contribution in [0.4, 0.5) is 19.0 Å². The zero-order valence-electron chi connectivity index (χ0n) is 19.6. The number of hydrogen-bond donors (Lipinski definition) is 1. The second-order valence-electron chi connectivity index (χ2n) is 9.46. The molecule has 0 saturated carbocycles. The molecule has 2 aromatic heterocycles. The van der Waals surface area contributed by atoms with E-state index in [4.69, 9.17) is 4.98 Å². The second kappa shape index (κ2) is 8.62. The molecule has 9 heteroatoms. The molecule has 3 aromatic rings. The Balaban J connectivity index is 1.29. The number of nitrogens with zero attached hydrogens (tertiary/aromatic N) is 4. The molecule has 6 nitrogen and oxygen atoms in total. The number of aromatic nitrogens is 3. The maximum Gasteiger partial charge on any atom is 0.416 e. The molecular formula is C26H26F3N5O. The van der Waals surface area contributed by atoms with E-state index in [-0.39, 0.29) is 11.4 Å². The summed E-state index contributed by atoms with van der Waals surface area (Å²) in [5, 5.41) is 3.61. The van der Waals surface area contributed by atoms with Crippen LogP contribution < -0.4 is 5.32 Å². The van der Waals surface area contributed by atoms with Crippen LogP contribution in [0.3, 0.4) is 0 Å². The number of rotatable bonds is 3. The average Bonchev–Trinajstić information content (AvgIpc) is 3.26. The number of amides is 1. The summed E-state index contributed by atoms with van der Waals surface area (Å²) in [5.41, 5.74) is 2.46. The van der Waals surface area contributed by atoms with Gasteiger partial charge in [-0.05, 0) is 68.5 Å². The van der Waals surface area contributed by atoms with Gasteiger partial charge in [0.05, 0.1) is 22.7 Å². The number of fused-ring (bicyclic) bond motifs is 1. The molecule has 1 saturated heterocycles. The zero-order valence-corrected chi connectivity index (χ0v) is 19.6. The number of benzene rings is 1. The highest BCUT2D eigenvalue weighted by Gasteiger charge is 2.43. The molecule has 5 rings (SSSR count). The van der Waals surface area contributed by atoms with Crippen LogP contribution in [0.25, 0.3) is 11.4 Å². The number of carbonyl (C=O) groups excluding carboxylic acids is 1. The molecule has 35 heavy (non-hydrogen) atoms. The monoisotopic (exact) mass is 481 g/mol. The molecule has 1 amide bonds. The summed E-state index contributed by atoms with van der Waals surface area (Å²) < 4.78 is 38.6. The molecule has 2 atom stereocenters. The smallest absolute Gasteiger partial charge is 0.363 e. The van der Waals surface area contributed by atoms with Crippen molar-refractivity contribution in [1.82, 2.24) is 19.9 Å². The van der Waals surface area contributed by atoms with Crippen LogP contribution in [0.5, 0.6) is 0 Å². The van der Waals surface area contributed by atoms with Gasteiger partial charge in [-0.15, -0.1) is 0 Å². The van der Waals surface area contributed by atoms with Gasteiger partial charge in [0.2, 0.25) is 5.91 Å². The number of pyridine rings is 1. The van der Waals surface area contributed by atoms with E-state index < -0.39 is 17.7 Å². The zero-order chi connectivity index (χ0) is 24.8. The first kappa shape index (κ1) is 23.3. The summed E-state index contributed by atoms with van der Waals surface area (Å²) in [4.78, 5) is 28.5. The molecule has 1 aromatic carbocycles. The molecule has 4 heterocycles. The van der Waals surface area contributed by atoms with Gasteiger partial charge < -0.3 is 10.2 Å². The Morgan fingerprint density at radius 3 is 2.54 bits per heavy atom. The van der Waals surface area contributed by atoms with Crippen molar-refractivity contribution in [3.05, 3.63) is 71.2 Å². The summed E-state index contributed by atoms with van der Waals surface area (Å²) in [7, 11) is 0. The van der Waals surface area contributed by atoms with Crippen LogP contribution in [0.15, 0.2) is 48.8 Å². The van der Waals surface area contributed by atoms with E-state index >= 15 is 0 Å². The number of carbonyl (C=O) groups is 1. The molecule has 0 radical (unpaired) electrons. The molecule has 1 N–H and O–H groups in total. The van der Waals surface area contributed by atoms with Crippen LogP contribution >= 0.6 is 0 Å². The first-order chi connectivity index (χ1) is 16.7. The van der Waals surface area contributed by atoms with Gasteiger partial charge in [0.1, 0.15) is 5.82 Å². The largest absolute Gasteiger partial charge is 0.416 e. The lowest BCUT2D eigenvalue weighted by Crippen LogP contribution is -2.46. The number of alkyl halides is 3. The van der Waals surface area contributed by atoms with E-state index in [1.165, 1.54) is 12.1 Å². The summed E-state index contributed by atoms with van der Waals surface area (Å²) in [5.74, 6) is 0.890. The molecule has 182 valence electrons. The second-order valence-corrected chi connectivity index (χ2v) is 9.46. The fourth-order valence-corrected chi connectivity index (χ4v) is 5.04. The highest BCUT2D eigenvalue weighted by Crippen LogP contribution is 2.39. The molecule has 1 fully saturated rings. The van der Waals surface area contributed by atoms with Crippen molar-refractivity contribution >= 4 is 11.7 Å². The molecule has 0 aliphatic carbocycles. The maximum atomic E-state index is 13.2. The van der Waals surface area contributed by atoms with Crippen LogP contribution in [-0.2, 0) is 17.4 Å². The highest BCUT2D eigenvalue weighted by molar-refractivity contribution is 5.84. The van der Waals surface area contributed by atoms with Gasteiger partial charge in [-0.1, -0.05) is 12.1 Å². The number of hydrogen-bond acceptors (Lipinski definition) is 5. The minimum atomic E-state index is -4.39. The molecular weight excluding hydrogens is 455 g/mol. The van der Waals surface area contributed by atoms with Crippen LogP contribution in [0.1, 0.15) is 48.1 Å². The van der Waals surface area contributed by atoms with E-state index in [0.717, 1.165) is 54.0 Å². The lowest BCUT2D eigenvalue weighted by Gasteiger charge is -2.36. The van der Waals surface area contributed by atoms with Crippen molar-refractivity contribution in [3.8, 4) is 11.4 Å². The summed E-state index contributed by atoms with van der Waals surface area (Å²) in [6.45, 7) is 4.82. The van der Waals surface area contributed by atoms with E-state index in [9.17, 15) is 18.0 Å². The summed E-state index contributed by atoms with van der Waals surface area (Å²) >= 11 is 0. The van der Waals surface area contributed by atoms with Crippen molar-refractivity contribution < 1.29 is 18.0 Å². The van der Waals surface area contributed by atoms with Crippen molar-refractivity contribution in [2.75, 3.05) is 18.4 Å². The van der Waals surface area contributed by atoms with Crippen LogP contribution in [0.2, 0.25) is 0 Å². The van der Waals surface area contributed by atoms with Gasteiger partial charge in [-0.2, -0.15) is 13.2 Å². The van der Waals surface area contributed by atoms with Gasteiger partial charge in [-0.3, -0.25) is 4.79 Å². The fourth-order valence-electron chi connectivity index (χ4n) is 5.04. The van der Waals surface area contributed by atoms with Crippen molar-refractivity contribution in [1.29, 1.82) is 0 Å². The topological polar surface area (TPSA) is 71.0 Å². The third-order valence-electron chi connectivity index (χ3n) is 7.13. The Morgan fingerprint density at radius 2 is 1.86 bits per heavy atom. The number of halogens is 3. The Bertz CT molecular complexity index is 1250. The van der Waals surface area contributed by atoms with Gasteiger partial charge in [0.15, 0.2) is 5.82 Å². The van der Waals surface area contributed by atoms with Crippen LogP contribution in [-0.4, -0.2) is 44.4 Å². The Kier molecular flexibility index (Phi) is 5.73. The molecule has 1 spiro atoms. The van der Waals surface area contributed by atoms with E-state index in [2.05, 4.69) is 21.4 Å². The Morgan fingerprint density at radius 1 is 1.14 bits per heavy atom. The minimum absolute atomic E-state index is 0.0741. The lowest BCUT2D eigenvalue weighted by atomic mass is 9.86. The highest BCUT2D eigenvalue weighted by atomic mass is 19.4. The Labute approximate surface area is 201 Å². The number of nitrogens with one attached hydrogen (secondary N) is 1. The van der Waals surface area contributed by atoms with E-state index in [0.29, 0.717) is 24.5 Å².